The Hall–Kier alpha value is -2.12. The van der Waals surface area contributed by atoms with Crippen LogP contribution < -0.4 is 10.1 Å². The number of carbonyl (C=O) groups excluding carboxylic acids is 2. The number of morpholine rings is 1. The van der Waals surface area contributed by atoms with Crippen LogP contribution in [0.4, 0.5) is 5.69 Å². The van der Waals surface area contributed by atoms with E-state index in [0.29, 0.717) is 31.1 Å². The number of carbonyl (C=O) groups is 2. The molecular formula is C20H31N3O4. The molecule has 2 rings (SSSR count). The van der Waals surface area contributed by atoms with Crippen molar-refractivity contribution in [1.82, 2.24) is 9.80 Å². The quantitative estimate of drug-likeness (QED) is 0.750. The Morgan fingerprint density at radius 1 is 1.22 bits per heavy atom. The number of para-hydroxylation sites is 2. The highest BCUT2D eigenvalue weighted by Crippen LogP contribution is 2.22. The molecule has 1 aromatic rings. The zero-order chi connectivity index (χ0) is 19.8. The van der Waals surface area contributed by atoms with Crippen molar-refractivity contribution >= 4 is 17.5 Å². The number of methoxy groups -OCH3 is 1. The molecule has 0 saturated carbocycles. The van der Waals surface area contributed by atoms with E-state index < -0.39 is 0 Å². The van der Waals surface area contributed by atoms with Gasteiger partial charge in [-0.25, -0.2) is 0 Å². The van der Waals surface area contributed by atoms with Crippen LogP contribution in [0.1, 0.15) is 27.2 Å². The van der Waals surface area contributed by atoms with Gasteiger partial charge >= 0.3 is 0 Å². The van der Waals surface area contributed by atoms with E-state index in [2.05, 4.69) is 5.32 Å². The predicted octanol–water partition coefficient (Wildman–Crippen LogP) is 1.98. The Balaban J connectivity index is 1.94. The Labute approximate surface area is 161 Å². The van der Waals surface area contributed by atoms with Gasteiger partial charge in [0.2, 0.25) is 11.8 Å². The van der Waals surface area contributed by atoms with Gasteiger partial charge < -0.3 is 19.7 Å². The number of nitrogens with one attached hydrogen (secondary N) is 1. The molecule has 0 aliphatic carbocycles. The van der Waals surface area contributed by atoms with Crippen LogP contribution in [0.5, 0.6) is 5.75 Å². The van der Waals surface area contributed by atoms with Gasteiger partial charge in [-0.15, -0.1) is 0 Å². The van der Waals surface area contributed by atoms with Gasteiger partial charge in [0.1, 0.15) is 5.75 Å². The maximum absolute atomic E-state index is 12.7. The third kappa shape index (κ3) is 6.52. The molecule has 1 saturated heterocycles. The van der Waals surface area contributed by atoms with Crippen molar-refractivity contribution in [1.29, 1.82) is 0 Å². The molecule has 1 aromatic carbocycles. The molecule has 1 N–H and O–H groups in total. The number of hydrogen-bond acceptors (Lipinski definition) is 5. The molecule has 2 unspecified atom stereocenters. The number of amides is 2. The van der Waals surface area contributed by atoms with Crippen molar-refractivity contribution in [3.8, 4) is 5.75 Å². The fourth-order valence-corrected chi connectivity index (χ4v) is 3.34. The highest BCUT2D eigenvalue weighted by Gasteiger charge is 2.27. The van der Waals surface area contributed by atoms with E-state index in [0.717, 1.165) is 6.42 Å². The second kappa shape index (κ2) is 10.3. The highest BCUT2D eigenvalue weighted by atomic mass is 16.5. The van der Waals surface area contributed by atoms with Gasteiger partial charge in [-0.2, -0.15) is 0 Å². The average molecular weight is 377 g/mol. The van der Waals surface area contributed by atoms with Crippen LogP contribution in [0.25, 0.3) is 0 Å². The molecule has 0 aromatic heterocycles. The highest BCUT2D eigenvalue weighted by molar-refractivity contribution is 5.94. The smallest absolute Gasteiger partial charge is 0.238 e. The summed E-state index contributed by atoms with van der Waals surface area (Å²) in [6.45, 7) is 8.24. The number of anilines is 1. The van der Waals surface area contributed by atoms with Gasteiger partial charge in [-0.3, -0.25) is 14.5 Å². The summed E-state index contributed by atoms with van der Waals surface area (Å²) < 4.78 is 11.0. The van der Waals surface area contributed by atoms with Gasteiger partial charge in [-0.05, 0) is 38.9 Å². The van der Waals surface area contributed by atoms with Gasteiger partial charge in [-0.1, -0.05) is 19.1 Å². The zero-order valence-electron chi connectivity index (χ0n) is 16.7. The van der Waals surface area contributed by atoms with Crippen LogP contribution in [-0.4, -0.2) is 73.7 Å². The van der Waals surface area contributed by atoms with Crippen molar-refractivity contribution in [3.05, 3.63) is 24.3 Å². The lowest BCUT2D eigenvalue weighted by atomic mass is 10.2. The van der Waals surface area contributed by atoms with Crippen LogP contribution in [-0.2, 0) is 14.3 Å². The maximum Gasteiger partial charge on any atom is 0.238 e. The lowest BCUT2D eigenvalue weighted by molar-refractivity contribution is -0.144. The van der Waals surface area contributed by atoms with E-state index in [-0.39, 0.29) is 37.1 Å². The van der Waals surface area contributed by atoms with E-state index in [4.69, 9.17) is 9.47 Å². The van der Waals surface area contributed by atoms with Crippen LogP contribution in [0.2, 0.25) is 0 Å². The SMILES string of the molecule is CCCN(CC(=O)Nc1ccccc1OC)CC(=O)N1CC(C)OC(C)C1. The summed E-state index contributed by atoms with van der Waals surface area (Å²) in [4.78, 5) is 28.9. The van der Waals surface area contributed by atoms with E-state index >= 15 is 0 Å². The topological polar surface area (TPSA) is 71.1 Å². The average Bonchev–Trinajstić information content (AvgIpc) is 2.61. The van der Waals surface area contributed by atoms with Crippen molar-refractivity contribution in [3.63, 3.8) is 0 Å². The van der Waals surface area contributed by atoms with Gasteiger partial charge in [0.25, 0.3) is 0 Å². The normalized spacial score (nSPS) is 19.8. The number of rotatable bonds is 8. The Bertz CT molecular complexity index is 627. The van der Waals surface area contributed by atoms with E-state index in [1.807, 2.05) is 42.7 Å². The summed E-state index contributed by atoms with van der Waals surface area (Å²) in [7, 11) is 1.57. The number of benzene rings is 1. The van der Waals surface area contributed by atoms with E-state index in [1.54, 1.807) is 19.2 Å². The molecule has 0 spiro atoms. The van der Waals surface area contributed by atoms with Crippen LogP contribution in [0, 0.1) is 0 Å². The first-order valence-corrected chi connectivity index (χ1v) is 9.51. The number of hydrogen-bond donors (Lipinski definition) is 1. The van der Waals surface area contributed by atoms with E-state index in [1.165, 1.54) is 0 Å². The van der Waals surface area contributed by atoms with Crippen LogP contribution in [0.3, 0.4) is 0 Å². The molecule has 7 heteroatoms. The molecule has 0 bridgehead atoms. The second-order valence-electron chi connectivity index (χ2n) is 7.02. The van der Waals surface area contributed by atoms with Gasteiger partial charge in [0.05, 0.1) is 38.1 Å². The summed E-state index contributed by atoms with van der Waals surface area (Å²) >= 11 is 0. The van der Waals surface area contributed by atoms with Crippen LogP contribution >= 0.6 is 0 Å². The fraction of sp³-hybridized carbons (Fsp3) is 0.600. The van der Waals surface area contributed by atoms with Crippen LogP contribution in [0.15, 0.2) is 24.3 Å². The lowest BCUT2D eigenvalue weighted by Crippen LogP contribution is -2.51. The summed E-state index contributed by atoms with van der Waals surface area (Å²) in [6, 6.07) is 7.28. The Morgan fingerprint density at radius 2 is 1.89 bits per heavy atom. The maximum atomic E-state index is 12.7. The Kier molecular flexibility index (Phi) is 8.06. The molecule has 1 aliphatic heterocycles. The standard InChI is InChI=1S/C20H31N3O4/c1-5-10-22(14-20(25)23-11-15(2)27-16(3)12-23)13-19(24)21-17-8-6-7-9-18(17)26-4/h6-9,15-16H,5,10-14H2,1-4H3,(H,21,24). The molecule has 2 amide bonds. The second-order valence-corrected chi connectivity index (χ2v) is 7.02. The minimum atomic E-state index is -0.163. The zero-order valence-corrected chi connectivity index (χ0v) is 16.7. The third-order valence-electron chi connectivity index (χ3n) is 4.42. The molecule has 1 heterocycles. The Morgan fingerprint density at radius 3 is 2.52 bits per heavy atom. The molecular weight excluding hydrogens is 346 g/mol. The van der Waals surface area contributed by atoms with Gasteiger partial charge in [0.15, 0.2) is 0 Å². The first-order valence-electron chi connectivity index (χ1n) is 9.51. The fourth-order valence-electron chi connectivity index (χ4n) is 3.34. The number of ether oxygens (including phenoxy) is 2. The number of nitrogens with zero attached hydrogens (tertiary/aromatic N) is 2. The lowest BCUT2D eigenvalue weighted by Gasteiger charge is -2.36. The van der Waals surface area contributed by atoms with Crippen molar-refractivity contribution in [2.75, 3.05) is 45.2 Å². The van der Waals surface area contributed by atoms with Crippen molar-refractivity contribution in [2.24, 2.45) is 0 Å². The molecule has 2 atom stereocenters. The van der Waals surface area contributed by atoms with Gasteiger partial charge in [0, 0.05) is 13.1 Å². The first-order chi connectivity index (χ1) is 12.9. The third-order valence-corrected chi connectivity index (χ3v) is 4.42. The van der Waals surface area contributed by atoms with E-state index in [9.17, 15) is 9.59 Å². The monoisotopic (exact) mass is 377 g/mol. The summed E-state index contributed by atoms with van der Waals surface area (Å²) in [5, 5.41) is 2.87. The molecule has 150 valence electrons. The van der Waals surface area contributed by atoms with Crippen molar-refractivity contribution < 1.29 is 19.1 Å². The first kappa shape index (κ1) is 21.2. The molecule has 0 radical (unpaired) electrons. The molecule has 7 nitrogen and oxygen atoms in total. The summed E-state index contributed by atoms with van der Waals surface area (Å²) in [6.07, 6.45) is 0.933. The molecule has 1 fully saturated rings. The largest absolute Gasteiger partial charge is 0.495 e. The minimum Gasteiger partial charge on any atom is -0.495 e. The van der Waals surface area contributed by atoms with Crippen molar-refractivity contribution in [2.45, 2.75) is 39.4 Å². The predicted molar refractivity (Wildman–Crippen MR) is 105 cm³/mol. The molecule has 27 heavy (non-hydrogen) atoms. The minimum absolute atomic E-state index is 0.0335. The summed E-state index contributed by atoms with van der Waals surface area (Å²) in [5.74, 6) is 0.486. The molecule has 1 aliphatic rings. The summed E-state index contributed by atoms with van der Waals surface area (Å²) in [5.41, 5.74) is 0.628.